The summed E-state index contributed by atoms with van der Waals surface area (Å²) in [4.78, 5) is 38.1. The van der Waals surface area contributed by atoms with E-state index < -0.39 is 11.6 Å². The second-order valence-corrected chi connectivity index (χ2v) is 11.6. The SMILES string of the molecule is CC(C)(Oc1cccc(CCCn2nc(C3CCCC3)c(=O)n(CCCC3CCCCC3)c2=O)c1)C(=O)O. The fraction of sp³-hybridized carbons (Fsp3) is 0.667. The van der Waals surface area contributed by atoms with E-state index in [0.717, 1.165) is 50.0 Å². The van der Waals surface area contributed by atoms with E-state index in [1.165, 1.54) is 55.2 Å². The maximum Gasteiger partial charge on any atom is 0.347 e. The first-order valence-corrected chi connectivity index (χ1v) is 14.5. The quantitative estimate of drug-likeness (QED) is 0.403. The highest BCUT2D eigenvalue weighted by Crippen LogP contribution is 2.31. The van der Waals surface area contributed by atoms with Gasteiger partial charge in [0.2, 0.25) is 0 Å². The van der Waals surface area contributed by atoms with Crippen molar-refractivity contribution in [2.75, 3.05) is 0 Å². The molecular weight excluding hydrogens is 482 g/mol. The summed E-state index contributed by atoms with van der Waals surface area (Å²) < 4.78 is 8.62. The number of carboxylic acids is 1. The van der Waals surface area contributed by atoms with Gasteiger partial charge in [-0.2, -0.15) is 5.10 Å². The minimum Gasteiger partial charge on any atom is -0.478 e. The zero-order chi connectivity index (χ0) is 27.1. The highest BCUT2D eigenvalue weighted by molar-refractivity contribution is 5.76. The minimum absolute atomic E-state index is 0.144. The molecule has 2 aliphatic carbocycles. The second-order valence-electron chi connectivity index (χ2n) is 11.6. The summed E-state index contributed by atoms with van der Waals surface area (Å²) in [6.45, 7) is 3.93. The number of hydrogen-bond donors (Lipinski definition) is 1. The third kappa shape index (κ3) is 7.14. The van der Waals surface area contributed by atoms with E-state index >= 15 is 0 Å². The number of aliphatic carboxylic acids is 1. The predicted octanol–water partition coefficient (Wildman–Crippen LogP) is 5.30. The molecule has 4 rings (SSSR count). The van der Waals surface area contributed by atoms with E-state index in [1.807, 2.05) is 18.2 Å². The molecule has 1 aromatic heterocycles. The van der Waals surface area contributed by atoms with Crippen LogP contribution in [0, 0.1) is 5.92 Å². The molecule has 8 heteroatoms. The first-order chi connectivity index (χ1) is 18.2. The van der Waals surface area contributed by atoms with Crippen LogP contribution in [0.2, 0.25) is 0 Å². The van der Waals surface area contributed by atoms with E-state index in [-0.39, 0.29) is 17.2 Å². The van der Waals surface area contributed by atoms with Crippen molar-refractivity contribution in [3.63, 3.8) is 0 Å². The van der Waals surface area contributed by atoms with Gasteiger partial charge in [-0.1, -0.05) is 57.1 Å². The Hall–Kier alpha value is -2.90. The smallest absolute Gasteiger partial charge is 0.347 e. The molecule has 0 aliphatic heterocycles. The number of aryl methyl sites for hydroxylation is 2. The molecule has 2 saturated carbocycles. The van der Waals surface area contributed by atoms with Crippen LogP contribution >= 0.6 is 0 Å². The van der Waals surface area contributed by atoms with E-state index in [4.69, 9.17) is 4.74 Å². The normalized spacial score (nSPS) is 17.1. The van der Waals surface area contributed by atoms with Crippen molar-refractivity contribution < 1.29 is 14.6 Å². The predicted molar refractivity (Wildman–Crippen MR) is 147 cm³/mol. The van der Waals surface area contributed by atoms with Gasteiger partial charge in [0.25, 0.3) is 5.56 Å². The molecule has 1 aromatic carbocycles. The molecule has 2 aromatic rings. The van der Waals surface area contributed by atoms with E-state index in [9.17, 15) is 19.5 Å². The van der Waals surface area contributed by atoms with E-state index in [2.05, 4.69) is 5.10 Å². The zero-order valence-corrected chi connectivity index (χ0v) is 23.0. The van der Waals surface area contributed by atoms with Crippen LogP contribution in [-0.2, 0) is 24.3 Å². The molecule has 2 fully saturated rings. The number of ether oxygens (including phenoxy) is 1. The van der Waals surface area contributed by atoms with Crippen molar-refractivity contribution >= 4 is 5.97 Å². The standard InChI is InChI=1S/C30H43N3O5/c1-30(2,28(35)36)38-25-18-8-13-23(21-25)15-10-20-33-29(37)32(19-9-14-22-11-4-3-5-12-22)27(34)26(31-33)24-16-6-7-17-24/h8,13,18,21-22,24H,3-7,9-12,14-17,19-20H2,1-2H3,(H,35,36). The largest absolute Gasteiger partial charge is 0.478 e. The first-order valence-electron chi connectivity index (χ1n) is 14.5. The fourth-order valence-electron chi connectivity index (χ4n) is 5.93. The molecule has 0 atom stereocenters. The summed E-state index contributed by atoms with van der Waals surface area (Å²) in [7, 11) is 0. The number of carboxylic acid groups (broad SMARTS) is 1. The summed E-state index contributed by atoms with van der Waals surface area (Å²) in [6.07, 6.45) is 13.9. The van der Waals surface area contributed by atoms with Crippen molar-refractivity contribution in [2.24, 2.45) is 5.92 Å². The van der Waals surface area contributed by atoms with Crippen LogP contribution in [0.3, 0.4) is 0 Å². The molecule has 208 valence electrons. The molecule has 0 spiro atoms. The Morgan fingerprint density at radius 3 is 2.45 bits per heavy atom. The van der Waals surface area contributed by atoms with Crippen molar-refractivity contribution in [1.82, 2.24) is 14.3 Å². The summed E-state index contributed by atoms with van der Waals surface area (Å²) in [5, 5.41) is 13.9. The lowest BCUT2D eigenvalue weighted by molar-refractivity contribution is -0.152. The van der Waals surface area contributed by atoms with Gasteiger partial charge in [0.05, 0.1) is 0 Å². The van der Waals surface area contributed by atoms with Gasteiger partial charge in [0.15, 0.2) is 5.60 Å². The Morgan fingerprint density at radius 2 is 1.74 bits per heavy atom. The Kier molecular flexibility index (Phi) is 9.44. The van der Waals surface area contributed by atoms with Crippen molar-refractivity contribution in [3.05, 3.63) is 56.4 Å². The van der Waals surface area contributed by atoms with Gasteiger partial charge < -0.3 is 9.84 Å². The monoisotopic (exact) mass is 525 g/mol. The van der Waals surface area contributed by atoms with E-state index in [0.29, 0.717) is 37.4 Å². The second kappa shape index (κ2) is 12.8. The highest BCUT2D eigenvalue weighted by atomic mass is 16.5. The van der Waals surface area contributed by atoms with Crippen molar-refractivity contribution in [2.45, 2.75) is 122 Å². The summed E-state index contributed by atoms with van der Waals surface area (Å²) in [6, 6.07) is 7.40. The van der Waals surface area contributed by atoms with Crippen LogP contribution in [0.25, 0.3) is 0 Å². The maximum atomic E-state index is 13.3. The topological polar surface area (TPSA) is 103 Å². The number of carbonyl (C=O) groups is 1. The number of benzene rings is 1. The summed E-state index contributed by atoms with van der Waals surface area (Å²) in [5.41, 5.74) is -0.259. The molecule has 0 amide bonds. The van der Waals surface area contributed by atoms with Crippen LogP contribution < -0.4 is 16.0 Å². The zero-order valence-electron chi connectivity index (χ0n) is 23.0. The number of aromatic nitrogens is 3. The summed E-state index contributed by atoms with van der Waals surface area (Å²) >= 11 is 0. The van der Waals surface area contributed by atoms with Crippen LogP contribution in [-0.4, -0.2) is 31.0 Å². The Labute approximate surface area is 225 Å². The molecule has 2 aliphatic rings. The van der Waals surface area contributed by atoms with Crippen LogP contribution in [0.1, 0.15) is 108 Å². The van der Waals surface area contributed by atoms with Gasteiger partial charge in [0, 0.05) is 19.0 Å². The lowest BCUT2D eigenvalue weighted by Gasteiger charge is -2.22. The van der Waals surface area contributed by atoms with E-state index in [1.54, 1.807) is 6.07 Å². The molecular formula is C30H43N3O5. The maximum absolute atomic E-state index is 13.3. The van der Waals surface area contributed by atoms with Crippen molar-refractivity contribution in [1.29, 1.82) is 0 Å². The number of nitrogens with zero attached hydrogens (tertiary/aromatic N) is 3. The Morgan fingerprint density at radius 1 is 1.03 bits per heavy atom. The van der Waals surface area contributed by atoms with Gasteiger partial charge in [-0.05, 0) is 76.0 Å². The molecule has 1 heterocycles. The van der Waals surface area contributed by atoms with Gasteiger partial charge in [-0.25, -0.2) is 14.3 Å². The van der Waals surface area contributed by atoms with Gasteiger partial charge in [-0.3, -0.25) is 9.36 Å². The average Bonchev–Trinajstić information content (AvgIpc) is 3.43. The molecule has 0 saturated heterocycles. The molecule has 38 heavy (non-hydrogen) atoms. The Bertz CT molecular complexity index is 1200. The summed E-state index contributed by atoms with van der Waals surface area (Å²) in [5.74, 6) is 0.338. The third-order valence-electron chi connectivity index (χ3n) is 8.23. The van der Waals surface area contributed by atoms with Gasteiger partial charge in [0.1, 0.15) is 11.4 Å². The number of rotatable bonds is 12. The molecule has 0 bridgehead atoms. The lowest BCUT2D eigenvalue weighted by Crippen LogP contribution is -2.44. The minimum atomic E-state index is -1.32. The number of hydrogen-bond acceptors (Lipinski definition) is 5. The highest BCUT2D eigenvalue weighted by Gasteiger charge is 2.29. The third-order valence-corrected chi connectivity index (χ3v) is 8.23. The van der Waals surface area contributed by atoms with Gasteiger partial charge >= 0.3 is 11.7 Å². The molecule has 0 unspecified atom stereocenters. The Balaban J connectivity index is 1.45. The van der Waals surface area contributed by atoms with Crippen LogP contribution in [0.5, 0.6) is 5.75 Å². The fourth-order valence-corrected chi connectivity index (χ4v) is 5.93. The first kappa shape index (κ1) is 28.1. The molecule has 1 N–H and O–H groups in total. The van der Waals surface area contributed by atoms with Gasteiger partial charge in [-0.15, -0.1) is 0 Å². The van der Waals surface area contributed by atoms with Crippen LogP contribution in [0.4, 0.5) is 0 Å². The average molecular weight is 526 g/mol. The molecule has 0 radical (unpaired) electrons. The van der Waals surface area contributed by atoms with Crippen molar-refractivity contribution in [3.8, 4) is 5.75 Å². The molecule has 8 nitrogen and oxygen atoms in total. The lowest BCUT2D eigenvalue weighted by atomic mass is 9.86. The van der Waals surface area contributed by atoms with Crippen LogP contribution in [0.15, 0.2) is 33.9 Å².